The second kappa shape index (κ2) is 2.98. The molecular weight excluding hydrogens is 144 g/mol. The fourth-order valence-electron chi connectivity index (χ4n) is 1.61. The Morgan fingerprint density at radius 3 is 2.42 bits per heavy atom. The summed E-state index contributed by atoms with van der Waals surface area (Å²) in [6.45, 7) is 4.04. The number of rotatable bonds is 1. The Bertz CT molecular complexity index is 317. The standard InChI is InChI=1S/C12H12/c1-10-6-5-9-12(10)11-7-3-2-4-8-11/h2-4,7-9H,1,5-6H2. The van der Waals surface area contributed by atoms with Gasteiger partial charge in [0.15, 0.2) is 0 Å². The Morgan fingerprint density at radius 2 is 1.83 bits per heavy atom. The van der Waals surface area contributed by atoms with E-state index in [1.165, 1.54) is 16.7 Å². The van der Waals surface area contributed by atoms with E-state index in [-0.39, 0.29) is 0 Å². The van der Waals surface area contributed by atoms with Crippen LogP contribution >= 0.6 is 0 Å². The molecule has 0 saturated carbocycles. The van der Waals surface area contributed by atoms with Crippen LogP contribution in [0.3, 0.4) is 0 Å². The largest absolute Gasteiger partial charge is 0.0952 e. The second-order valence-electron chi connectivity index (χ2n) is 3.13. The zero-order valence-corrected chi connectivity index (χ0v) is 7.09. The molecule has 0 spiro atoms. The van der Waals surface area contributed by atoms with E-state index in [1.54, 1.807) is 0 Å². The molecule has 1 aromatic rings. The summed E-state index contributed by atoms with van der Waals surface area (Å²) in [5, 5.41) is 0. The molecule has 0 heterocycles. The van der Waals surface area contributed by atoms with Crippen LogP contribution in [0.2, 0.25) is 0 Å². The van der Waals surface area contributed by atoms with Gasteiger partial charge in [0.25, 0.3) is 0 Å². The van der Waals surface area contributed by atoms with E-state index < -0.39 is 0 Å². The van der Waals surface area contributed by atoms with E-state index >= 15 is 0 Å². The van der Waals surface area contributed by atoms with E-state index in [4.69, 9.17) is 0 Å². The molecule has 0 bridgehead atoms. The first-order valence-corrected chi connectivity index (χ1v) is 4.31. The molecule has 0 heteroatoms. The van der Waals surface area contributed by atoms with Crippen LogP contribution in [0.1, 0.15) is 18.4 Å². The number of hydrogen-bond acceptors (Lipinski definition) is 0. The second-order valence-corrected chi connectivity index (χ2v) is 3.13. The van der Waals surface area contributed by atoms with Crippen molar-refractivity contribution in [1.82, 2.24) is 0 Å². The molecule has 0 radical (unpaired) electrons. The van der Waals surface area contributed by atoms with Gasteiger partial charge in [-0.3, -0.25) is 0 Å². The Hall–Kier alpha value is -1.30. The monoisotopic (exact) mass is 156 g/mol. The van der Waals surface area contributed by atoms with Crippen molar-refractivity contribution in [1.29, 1.82) is 0 Å². The molecule has 60 valence electrons. The van der Waals surface area contributed by atoms with Gasteiger partial charge in [0.05, 0.1) is 0 Å². The highest BCUT2D eigenvalue weighted by molar-refractivity contribution is 5.80. The third-order valence-corrected chi connectivity index (χ3v) is 2.26. The van der Waals surface area contributed by atoms with E-state index in [0.29, 0.717) is 0 Å². The zero-order valence-electron chi connectivity index (χ0n) is 7.09. The van der Waals surface area contributed by atoms with Crippen molar-refractivity contribution < 1.29 is 0 Å². The third-order valence-electron chi connectivity index (χ3n) is 2.26. The minimum atomic E-state index is 1.13. The summed E-state index contributed by atoms with van der Waals surface area (Å²) in [5.74, 6) is 0. The summed E-state index contributed by atoms with van der Waals surface area (Å²) in [6, 6.07) is 10.5. The lowest BCUT2D eigenvalue weighted by molar-refractivity contribution is 1.07. The van der Waals surface area contributed by atoms with Gasteiger partial charge in [-0.2, -0.15) is 0 Å². The predicted molar refractivity (Wildman–Crippen MR) is 52.8 cm³/mol. The van der Waals surface area contributed by atoms with Crippen LogP contribution < -0.4 is 0 Å². The molecule has 0 unspecified atom stereocenters. The van der Waals surface area contributed by atoms with Gasteiger partial charge in [0.1, 0.15) is 0 Å². The van der Waals surface area contributed by atoms with Gasteiger partial charge in [0, 0.05) is 0 Å². The average Bonchev–Trinajstić information content (AvgIpc) is 2.53. The molecule has 0 saturated heterocycles. The van der Waals surface area contributed by atoms with Crippen LogP contribution in [-0.2, 0) is 0 Å². The Kier molecular flexibility index (Phi) is 1.83. The van der Waals surface area contributed by atoms with Crippen LogP contribution in [0.5, 0.6) is 0 Å². The van der Waals surface area contributed by atoms with Gasteiger partial charge < -0.3 is 0 Å². The number of hydrogen-bond donors (Lipinski definition) is 0. The summed E-state index contributed by atoms with van der Waals surface area (Å²) in [7, 11) is 0. The zero-order chi connectivity index (χ0) is 8.39. The third kappa shape index (κ3) is 1.20. The van der Waals surface area contributed by atoms with Gasteiger partial charge in [-0.15, -0.1) is 0 Å². The van der Waals surface area contributed by atoms with Crippen LogP contribution in [0, 0.1) is 0 Å². The lowest BCUT2D eigenvalue weighted by atomic mass is 10.0. The lowest BCUT2D eigenvalue weighted by Gasteiger charge is -2.02. The molecule has 12 heavy (non-hydrogen) atoms. The molecule has 1 aliphatic carbocycles. The molecule has 0 nitrogen and oxygen atoms in total. The maximum absolute atomic E-state index is 4.04. The van der Waals surface area contributed by atoms with Gasteiger partial charge in [-0.25, -0.2) is 0 Å². The first-order valence-electron chi connectivity index (χ1n) is 4.31. The molecule has 0 aromatic heterocycles. The highest BCUT2D eigenvalue weighted by atomic mass is 14.1. The Balaban J connectivity index is 2.38. The van der Waals surface area contributed by atoms with Crippen LogP contribution in [0.15, 0.2) is 48.6 Å². The first-order chi connectivity index (χ1) is 5.88. The van der Waals surface area contributed by atoms with Crippen LogP contribution in [0.25, 0.3) is 5.57 Å². The molecule has 1 aliphatic rings. The number of benzene rings is 1. The van der Waals surface area contributed by atoms with Crippen molar-refractivity contribution >= 4 is 5.57 Å². The smallest absolute Gasteiger partial charge is 0.0185 e. The van der Waals surface area contributed by atoms with Gasteiger partial charge in [-0.05, 0) is 29.6 Å². The summed E-state index contributed by atoms with van der Waals surface area (Å²) in [5.41, 5.74) is 3.93. The van der Waals surface area contributed by atoms with Crippen molar-refractivity contribution in [2.24, 2.45) is 0 Å². The highest BCUT2D eigenvalue weighted by Crippen LogP contribution is 2.31. The van der Waals surface area contributed by atoms with E-state index in [2.05, 4.69) is 36.9 Å². The molecule has 0 atom stereocenters. The molecule has 0 fully saturated rings. The highest BCUT2D eigenvalue weighted by Gasteiger charge is 2.09. The molecule has 0 amide bonds. The van der Waals surface area contributed by atoms with Gasteiger partial charge in [0.2, 0.25) is 0 Å². The summed E-state index contributed by atoms with van der Waals surface area (Å²) >= 11 is 0. The first kappa shape index (κ1) is 7.35. The topological polar surface area (TPSA) is 0 Å². The van der Waals surface area contributed by atoms with Crippen molar-refractivity contribution in [3.05, 3.63) is 54.1 Å². The maximum Gasteiger partial charge on any atom is -0.0185 e. The summed E-state index contributed by atoms with van der Waals surface area (Å²) in [4.78, 5) is 0. The SMILES string of the molecule is C=C1CCC=C1c1ccccc1. The quantitative estimate of drug-likeness (QED) is 0.584. The molecule has 2 rings (SSSR count). The normalized spacial score (nSPS) is 16.3. The average molecular weight is 156 g/mol. The van der Waals surface area contributed by atoms with Crippen molar-refractivity contribution in [3.63, 3.8) is 0 Å². The van der Waals surface area contributed by atoms with Gasteiger partial charge in [-0.1, -0.05) is 43.0 Å². The predicted octanol–water partition coefficient (Wildman–Crippen LogP) is 3.42. The van der Waals surface area contributed by atoms with Gasteiger partial charge >= 0.3 is 0 Å². The van der Waals surface area contributed by atoms with Crippen LogP contribution in [0.4, 0.5) is 0 Å². The minimum Gasteiger partial charge on any atom is -0.0952 e. The fraction of sp³-hybridized carbons (Fsp3) is 0.167. The van der Waals surface area contributed by atoms with Crippen molar-refractivity contribution in [2.75, 3.05) is 0 Å². The maximum atomic E-state index is 4.04. The summed E-state index contributed by atoms with van der Waals surface area (Å²) < 4.78 is 0. The van der Waals surface area contributed by atoms with Crippen molar-refractivity contribution in [3.8, 4) is 0 Å². The van der Waals surface area contributed by atoms with Crippen LogP contribution in [-0.4, -0.2) is 0 Å². The van der Waals surface area contributed by atoms with E-state index in [0.717, 1.165) is 12.8 Å². The van der Waals surface area contributed by atoms with E-state index in [1.807, 2.05) is 6.07 Å². The van der Waals surface area contributed by atoms with Crippen molar-refractivity contribution in [2.45, 2.75) is 12.8 Å². The number of allylic oxidation sites excluding steroid dienone is 3. The molecule has 0 N–H and O–H groups in total. The lowest BCUT2D eigenvalue weighted by Crippen LogP contribution is -1.81. The van der Waals surface area contributed by atoms with E-state index in [9.17, 15) is 0 Å². The Morgan fingerprint density at radius 1 is 1.08 bits per heavy atom. The molecular formula is C12H12. The minimum absolute atomic E-state index is 1.13. The fourth-order valence-corrected chi connectivity index (χ4v) is 1.61. The summed E-state index contributed by atoms with van der Waals surface area (Å²) in [6.07, 6.45) is 4.56. The molecule has 1 aromatic carbocycles. The Labute approximate surface area is 73.2 Å². The molecule has 0 aliphatic heterocycles.